The molecule has 5 heteroatoms. The molecular weight excluding hydrogens is 360 g/mol. The lowest BCUT2D eigenvalue weighted by Gasteiger charge is -2.55. The molecule has 0 heterocycles. The third kappa shape index (κ3) is 2.59. The predicted molar refractivity (Wildman–Crippen MR) is 114 cm³/mol. The molecule has 5 nitrogen and oxygen atoms in total. The number of nitrogen functional groups attached to an aromatic ring is 1. The Morgan fingerprint density at radius 3 is 2.62 bits per heavy atom. The summed E-state index contributed by atoms with van der Waals surface area (Å²) in [4.78, 5) is 12.1. The van der Waals surface area contributed by atoms with Gasteiger partial charge in [0.2, 0.25) is 0 Å². The smallest absolute Gasteiger partial charge is 0.156 e. The maximum atomic E-state index is 12.1. The number of benzene rings is 1. The first kappa shape index (κ1) is 18.7. The molecule has 0 radical (unpaired) electrons. The molecule has 5 atom stereocenters. The third-order valence-electron chi connectivity index (χ3n) is 8.47. The van der Waals surface area contributed by atoms with E-state index >= 15 is 0 Å². The summed E-state index contributed by atoms with van der Waals surface area (Å²) in [7, 11) is 0. The Morgan fingerprint density at radius 1 is 1.14 bits per heavy atom. The highest BCUT2D eigenvalue weighted by molar-refractivity contribution is 5.93. The standard InChI is InChI=1S/C24H29N4O/c1-23-13-20(14-2-5-16(25)6-3-14)22-18-9-7-17(29)12-15(18)4-8-19(22)21(23)10-11-24(23,26)28-27/h2-3,5-6,12,19-21H,4,7-11,13,25-26H2,1H3/q-1/t19?,20-,21?,23+,24-/m1/s1. The minimum absolute atomic E-state index is 0.219. The Bertz CT molecular complexity index is 946. The summed E-state index contributed by atoms with van der Waals surface area (Å²) in [6.07, 6.45) is 7.93. The molecule has 0 saturated heterocycles. The third-order valence-corrected chi connectivity index (χ3v) is 8.47. The number of rotatable bonds is 2. The van der Waals surface area contributed by atoms with Crippen molar-refractivity contribution in [1.82, 2.24) is 0 Å². The summed E-state index contributed by atoms with van der Waals surface area (Å²) in [5, 5.41) is 3.73. The van der Waals surface area contributed by atoms with Crippen molar-refractivity contribution in [3.05, 3.63) is 58.2 Å². The predicted octanol–water partition coefficient (Wildman–Crippen LogP) is 4.84. The van der Waals surface area contributed by atoms with Crippen molar-refractivity contribution in [3.8, 4) is 0 Å². The van der Waals surface area contributed by atoms with E-state index in [0.29, 0.717) is 18.3 Å². The van der Waals surface area contributed by atoms with E-state index in [2.05, 4.69) is 24.2 Å². The molecule has 5 rings (SSSR count). The molecule has 4 aliphatic carbocycles. The Morgan fingerprint density at radius 2 is 1.90 bits per heavy atom. The molecular formula is C24H29N4O-. The maximum Gasteiger partial charge on any atom is 0.156 e. The van der Waals surface area contributed by atoms with Crippen LogP contribution in [0, 0.1) is 17.3 Å². The van der Waals surface area contributed by atoms with E-state index in [9.17, 15) is 10.3 Å². The molecule has 0 aromatic heterocycles. The Kier molecular flexibility index (Phi) is 4.11. The molecule has 0 spiro atoms. The summed E-state index contributed by atoms with van der Waals surface area (Å²) in [5.74, 6) is 1.32. The van der Waals surface area contributed by atoms with Crippen molar-refractivity contribution in [2.75, 3.05) is 5.73 Å². The minimum Gasteiger partial charge on any atom is -0.710 e. The highest BCUT2D eigenvalue weighted by Gasteiger charge is 2.61. The average molecular weight is 390 g/mol. The monoisotopic (exact) mass is 389 g/mol. The van der Waals surface area contributed by atoms with Gasteiger partial charge in [-0.1, -0.05) is 24.6 Å². The van der Waals surface area contributed by atoms with E-state index in [0.717, 1.165) is 44.2 Å². The van der Waals surface area contributed by atoms with Crippen LogP contribution in [-0.2, 0) is 4.79 Å². The first-order valence-electron chi connectivity index (χ1n) is 10.8. The molecule has 4 aliphatic rings. The number of hydrogen-bond acceptors (Lipinski definition) is 4. The Hall–Kier alpha value is -2.27. The van der Waals surface area contributed by atoms with Crippen molar-refractivity contribution in [3.63, 3.8) is 0 Å². The van der Waals surface area contributed by atoms with E-state index in [1.54, 1.807) is 0 Å². The maximum absolute atomic E-state index is 12.1. The quantitative estimate of drug-likeness (QED) is 0.558. The number of nitrogens with two attached hydrogens (primary N) is 2. The van der Waals surface area contributed by atoms with E-state index in [-0.39, 0.29) is 17.1 Å². The second kappa shape index (κ2) is 6.36. The van der Waals surface area contributed by atoms with Gasteiger partial charge in [0, 0.05) is 23.4 Å². The molecule has 2 unspecified atom stereocenters. The summed E-state index contributed by atoms with van der Waals surface area (Å²) in [6.45, 7) is 2.23. The fourth-order valence-electron chi connectivity index (χ4n) is 6.89. The van der Waals surface area contributed by atoms with Crippen LogP contribution in [0.5, 0.6) is 0 Å². The molecule has 152 valence electrons. The molecule has 0 amide bonds. The topological polar surface area (TPSA) is 104 Å². The van der Waals surface area contributed by atoms with Crippen LogP contribution in [-0.4, -0.2) is 11.4 Å². The molecule has 29 heavy (non-hydrogen) atoms. The molecule has 2 fully saturated rings. The highest BCUT2D eigenvalue weighted by Crippen LogP contribution is 2.66. The van der Waals surface area contributed by atoms with Gasteiger partial charge in [-0.2, -0.15) is 0 Å². The fourth-order valence-corrected chi connectivity index (χ4v) is 6.89. The van der Waals surface area contributed by atoms with Gasteiger partial charge >= 0.3 is 0 Å². The van der Waals surface area contributed by atoms with Crippen molar-refractivity contribution in [2.45, 2.75) is 63.5 Å². The van der Waals surface area contributed by atoms with Gasteiger partial charge in [0.15, 0.2) is 5.78 Å². The first-order chi connectivity index (χ1) is 13.9. The average Bonchev–Trinajstić information content (AvgIpc) is 2.99. The van der Waals surface area contributed by atoms with Gasteiger partial charge in [-0.3, -0.25) is 4.79 Å². The van der Waals surface area contributed by atoms with Crippen molar-refractivity contribution in [1.29, 1.82) is 0 Å². The number of carbonyl (C=O) groups excluding carboxylic acids is 1. The number of nitrogens with zero attached hydrogens (tertiary/aromatic N) is 2. The number of hydrogen-bond donors (Lipinski definition) is 2. The van der Waals surface area contributed by atoms with Gasteiger partial charge in [0.25, 0.3) is 0 Å². The van der Waals surface area contributed by atoms with Crippen LogP contribution in [0.25, 0.3) is 5.53 Å². The van der Waals surface area contributed by atoms with E-state index < -0.39 is 5.66 Å². The van der Waals surface area contributed by atoms with Crippen molar-refractivity contribution in [2.24, 2.45) is 28.1 Å². The van der Waals surface area contributed by atoms with E-state index in [4.69, 9.17) is 11.5 Å². The van der Waals surface area contributed by atoms with E-state index in [1.165, 1.54) is 22.3 Å². The Balaban J connectivity index is 1.70. The number of allylic oxidation sites excluding steroid dienone is 4. The zero-order valence-electron chi connectivity index (χ0n) is 17.0. The summed E-state index contributed by atoms with van der Waals surface area (Å²) < 4.78 is 0. The first-order valence-corrected chi connectivity index (χ1v) is 10.8. The van der Waals surface area contributed by atoms with Crippen LogP contribution in [0.15, 0.2) is 52.2 Å². The van der Waals surface area contributed by atoms with Crippen molar-refractivity contribution < 1.29 is 4.79 Å². The molecule has 2 saturated carbocycles. The van der Waals surface area contributed by atoms with Gasteiger partial charge in [-0.15, -0.1) is 0 Å². The lowest BCUT2D eigenvalue weighted by atomic mass is 9.52. The van der Waals surface area contributed by atoms with Crippen LogP contribution in [0.1, 0.15) is 63.4 Å². The zero-order valence-corrected chi connectivity index (χ0v) is 17.0. The number of fused-ring (bicyclic) bond motifs is 4. The summed E-state index contributed by atoms with van der Waals surface area (Å²) in [5.41, 5.74) is 27.5. The van der Waals surface area contributed by atoms with Crippen LogP contribution in [0.3, 0.4) is 0 Å². The normalized spacial score (nSPS) is 38.8. The largest absolute Gasteiger partial charge is 0.710 e. The van der Waals surface area contributed by atoms with Gasteiger partial charge in [0.1, 0.15) is 0 Å². The lowest BCUT2D eigenvalue weighted by Crippen LogP contribution is -2.55. The van der Waals surface area contributed by atoms with Crippen LogP contribution < -0.4 is 11.5 Å². The second-order valence-electron chi connectivity index (χ2n) is 9.73. The highest BCUT2D eigenvalue weighted by atomic mass is 16.1. The molecule has 0 bridgehead atoms. The fraction of sp³-hybridized carbons (Fsp3) is 0.542. The molecule has 0 aliphatic heterocycles. The summed E-state index contributed by atoms with van der Waals surface area (Å²) in [6, 6.07) is 8.19. The minimum atomic E-state index is -0.890. The number of carbonyl (C=O) groups is 1. The number of anilines is 1. The van der Waals surface area contributed by atoms with Crippen LogP contribution >= 0.6 is 0 Å². The van der Waals surface area contributed by atoms with Gasteiger partial charge in [0.05, 0.1) is 5.66 Å². The molecule has 1 aromatic carbocycles. The molecule has 4 N–H and O–H groups in total. The van der Waals surface area contributed by atoms with Gasteiger partial charge in [-0.25, -0.2) is 0 Å². The molecule has 1 aromatic rings. The second-order valence-corrected chi connectivity index (χ2v) is 9.73. The van der Waals surface area contributed by atoms with Gasteiger partial charge < -0.3 is 22.1 Å². The van der Waals surface area contributed by atoms with E-state index in [1.807, 2.05) is 18.2 Å². The number of ketones is 1. The van der Waals surface area contributed by atoms with Crippen LogP contribution in [0.2, 0.25) is 0 Å². The van der Waals surface area contributed by atoms with Gasteiger partial charge in [-0.05, 0) is 85.3 Å². The lowest BCUT2D eigenvalue weighted by molar-refractivity contribution is -0.114. The zero-order chi connectivity index (χ0) is 20.4. The van der Waals surface area contributed by atoms with Crippen LogP contribution in [0.4, 0.5) is 5.69 Å². The SMILES string of the molecule is C[C@]12C[C@H](c3ccc(N)cc3)C3=C4CCC(=O)C=C4CCC3C1CC[C@@]2(N)N=[N-]. The van der Waals surface area contributed by atoms with Crippen molar-refractivity contribution >= 4 is 11.5 Å². The Labute approximate surface area is 172 Å². The summed E-state index contributed by atoms with van der Waals surface area (Å²) >= 11 is 0.